The van der Waals surface area contributed by atoms with Gasteiger partial charge in [0.25, 0.3) is 0 Å². The highest BCUT2D eigenvalue weighted by Gasteiger charge is 2.40. The summed E-state index contributed by atoms with van der Waals surface area (Å²) in [6.45, 7) is 7.16. The number of ether oxygens (including phenoxy) is 1. The van der Waals surface area contributed by atoms with E-state index in [1.54, 1.807) is 57.2 Å². The minimum Gasteiger partial charge on any atom is -0.480 e. The summed E-state index contributed by atoms with van der Waals surface area (Å²) >= 11 is 0. The molecule has 0 bridgehead atoms. The van der Waals surface area contributed by atoms with Gasteiger partial charge in [0, 0.05) is 25.1 Å². The first-order valence-corrected chi connectivity index (χ1v) is 17.1. The average Bonchev–Trinajstić information content (AvgIpc) is 3.53. The number of alkyl carbamates (subject to hydrolysis) is 1. The lowest BCUT2D eigenvalue weighted by Gasteiger charge is -2.25. The van der Waals surface area contributed by atoms with E-state index in [1.807, 2.05) is 37.3 Å². The molecule has 3 aromatic rings. The number of rotatable bonds is 12. The van der Waals surface area contributed by atoms with Gasteiger partial charge in [-0.2, -0.15) is 4.31 Å². The van der Waals surface area contributed by atoms with Crippen LogP contribution in [0.5, 0.6) is 0 Å². The first-order chi connectivity index (χ1) is 22.6. The maximum absolute atomic E-state index is 13.3. The topological polar surface area (TPSA) is 171 Å². The van der Waals surface area contributed by atoms with Crippen molar-refractivity contribution in [2.24, 2.45) is 0 Å². The Bertz CT molecular complexity index is 1710. The van der Waals surface area contributed by atoms with E-state index in [0.717, 1.165) is 15.4 Å². The van der Waals surface area contributed by atoms with Crippen LogP contribution in [0.2, 0.25) is 0 Å². The number of aliphatic carboxylic acids is 1. The van der Waals surface area contributed by atoms with E-state index >= 15 is 0 Å². The van der Waals surface area contributed by atoms with Crippen LogP contribution in [0.15, 0.2) is 83.8 Å². The molecule has 0 aliphatic carbocycles. The molecule has 1 fully saturated rings. The lowest BCUT2D eigenvalue weighted by atomic mass is 10.0. The van der Waals surface area contributed by atoms with Crippen molar-refractivity contribution < 1.29 is 37.4 Å². The Morgan fingerprint density at radius 2 is 1.48 bits per heavy atom. The number of nitrogens with one attached hydrogen (secondary N) is 3. The number of hydrogen-bond donors (Lipinski definition) is 4. The Labute approximate surface area is 280 Å². The zero-order valence-corrected chi connectivity index (χ0v) is 28.3. The number of hydrogen-bond acceptors (Lipinski definition) is 7. The number of sulfonamides is 1. The highest BCUT2D eigenvalue weighted by atomic mass is 32.2. The van der Waals surface area contributed by atoms with E-state index in [-0.39, 0.29) is 30.7 Å². The summed E-state index contributed by atoms with van der Waals surface area (Å²) in [5.41, 5.74) is 1.94. The Morgan fingerprint density at radius 3 is 2.08 bits per heavy atom. The molecule has 0 aromatic heterocycles. The molecule has 0 radical (unpaired) electrons. The fraction of sp³-hybridized carbons (Fsp3) is 0.371. The monoisotopic (exact) mass is 678 g/mol. The van der Waals surface area contributed by atoms with Gasteiger partial charge in [-0.05, 0) is 75.9 Å². The molecular weight excluding hydrogens is 636 g/mol. The number of nitrogens with zero attached hydrogens (tertiary/aromatic N) is 1. The number of carboxylic acid groups (broad SMARTS) is 1. The zero-order chi connectivity index (χ0) is 35.1. The molecule has 0 spiro atoms. The summed E-state index contributed by atoms with van der Waals surface area (Å²) < 4.78 is 33.1. The summed E-state index contributed by atoms with van der Waals surface area (Å²) in [5, 5.41) is 17.8. The smallest absolute Gasteiger partial charge is 0.408 e. The first-order valence-electron chi connectivity index (χ1n) is 15.7. The molecule has 1 saturated heterocycles. The fourth-order valence-corrected chi connectivity index (χ4v) is 6.96. The normalized spacial score (nSPS) is 16.4. The maximum atomic E-state index is 13.3. The largest absolute Gasteiger partial charge is 0.480 e. The molecule has 1 aliphatic rings. The number of carbonyl (C=O) groups excluding carboxylic acids is 3. The second-order valence-electron chi connectivity index (χ2n) is 12.8. The highest BCUT2D eigenvalue weighted by Crippen LogP contribution is 2.27. The third kappa shape index (κ3) is 9.88. The molecule has 1 heterocycles. The fourth-order valence-electron chi connectivity index (χ4n) is 5.30. The maximum Gasteiger partial charge on any atom is 0.408 e. The Morgan fingerprint density at radius 1 is 0.875 bits per heavy atom. The number of carbonyl (C=O) groups is 4. The summed E-state index contributed by atoms with van der Waals surface area (Å²) in [7, 11) is -3.96. The van der Waals surface area contributed by atoms with E-state index in [4.69, 9.17) is 4.74 Å². The van der Waals surface area contributed by atoms with Crippen molar-refractivity contribution in [2.75, 3.05) is 11.9 Å². The van der Waals surface area contributed by atoms with Crippen molar-refractivity contribution in [1.82, 2.24) is 14.9 Å². The lowest BCUT2D eigenvalue weighted by molar-refractivity contribution is -0.142. The van der Waals surface area contributed by atoms with E-state index < -0.39 is 57.6 Å². The van der Waals surface area contributed by atoms with E-state index in [9.17, 15) is 32.7 Å². The van der Waals surface area contributed by atoms with Crippen molar-refractivity contribution >= 4 is 39.6 Å². The van der Waals surface area contributed by atoms with Crippen LogP contribution in [0.3, 0.4) is 0 Å². The number of amides is 3. The van der Waals surface area contributed by atoms with Gasteiger partial charge >= 0.3 is 12.1 Å². The predicted molar refractivity (Wildman–Crippen MR) is 180 cm³/mol. The zero-order valence-electron chi connectivity index (χ0n) is 27.4. The molecule has 3 aromatic carbocycles. The highest BCUT2D eigenvalue weighted by molar-refractivity contribution is 7.89. The molecule has 256 valence electrons. The summed E-state index contributed by atoms with van der Waals surface area (Å²) in [4.78, 5) is 51.2. The van der Waals surface area contributed by atoms with Gasteiger partial charge in [0.1, 0.15) is 23.7 Å². The summed E-state index contributed by atoms with van der Waals surface area (Å²) in [5.74, 6) is -2.43. The number of carboxylic acids is 1. The van der Waals surface area contributed by atoms with Crippen LogP contribution in [0.4, 0.5) is 10.5 Å². The van der Waals surface area contributed by atoms with Crippen LogP contribution < -0.4 is 16.0 Å². The third-order valence-electron chi connectivity index (χ3n) is 7.70. The first kappa shape index (κ1) is 36.1. The lowest BCUT2D eigenvalue weighted by Crippen LogP contribution is -2.51. The van der Waals surface area contributed by atoms with E-state index in [1.165, 1.54) is 12.1 Å². The molecule has 12 nitrogen and oxygen atoms in total. The Balaban J connectivity index is 1.40. The van der Waals surface area contributed by atoms with Crippen molar-refractivity contribution in [3.63, 3.8) is 0 Å². The van der Waals surface area contributed by atoms with Gasteiger partial charge in [-0.3, -0.25) is 9.59 Å². The SMILES string of the molecule is Cc1ccc(S(=O)(=O)N2CCC[C@H]2C(=O)N[C@@H](Cc2ccc(NC(=O)[C@@H](Cc3ccccc3)NC(=O)OC(C)(C)C)cc2)C(=O)O)cc1. The second-order valence-corrected chi connectivity index (χ2v) is 14.7. The molecule has 0 unspecified atom stereocenters. The standard InChI is InChI=1S/C35H42N4O8S/c1-23-12-18-27(19-13-23)48(45,46)39-20-8-11-30(39)32(41)37-29(33(42)43)22-25-14-16-26(17-15-25)36-31(40)28(21-24-9-6-5-7-10-24)38-34(44)47-35(2,3)4/h5-7,9-10,12-19,28-30H,8,11,20-22H2,1-4H3,(H,36,40)(H,37,41)(H,38,44)(H,42,43)/t28-,29+,30+/m1/s1. The van der Waals surface area contributed by atoms with Crippen LogP contribution in [-0.4, -0.2) is 72.0 Å². The molecule has 3 atom stereocenters. The minimum absolute atomic E-state index is 0.0711. The van der Waals surface area contributed by atoms with Crippen molar-refractivity contribution in [3.05, 3.63) is 95.6 Å². The van der Waals surface area contributed by atoms with Crippen LogP contribution >= 0.6 is 0 Å². The Kier molecular flexibility index (Phi) is 11.6. The van der Waals surface area contributed by atoms with Gasteiger partial charge in [-0.15, -0.1) is 0 Å². The van der Waals surface area contributed by atoms with Gasteiger partial charge in [-0.1, -0.05) is 60.2 Å². The summed E-state index contributed by atoms with van der Waals surface area (Å²) in [6, 6.07) is 18.7. The van der Waals surface area contributed by atoms with Gasteiger partial charge in [0.15, 0.2) is 0 Å². The van der Waals surface area contributed by atoms with Gasteiger partial charge in [0.2, 0.25) is 21.8 Å². The molecule has 3 amide bonds. The van der Waals surface area contributed by atoms with Crippen LogP contribution in [0, 0.1) is 6.92 Å². The molecule has 4 N–H and O–H groups in total. The van der Waals surface area contributed by atoms with Gasteiger partial charge < -0.3 is 25.8 Å². The third-order valence-corrected chi connectivity index (χ3v) is 9.62. The number of aryl methyl sites for hydroxylation is 1. The predicted octanol–water partition coefficient (Wildman–Crippen LogP) is 4.03. The number of benzene rings is 3. The quantitative estimate of drug-likeness (QED) is 0.222. The Hall–Kier alpha value is -4.75. The molecule has 13 heteroatoms. The van der Waals surface area contributed by atoms with Gasteiger partial charge in [-0.25, -0.2) is 18.0 Å². The van der Waals surface area contributed by atoms with Crippen LogP contribution in [0.25, 0.3) is 0 Å². The second kappa shape index (κ2) is 15.4. The summed E-state index contributed by atoms with van der Waals surface area (Å²) in [6.07, 6.45) is 0.140. The number of anilines is 1. The van der Waals surface area contributed by atoms with E-state index in [0.29, 0.717) is 17.7 Å². The van der Waals surface area contributed by atoms with Gasteiger partial charge in [0.05, 0.1) is 4.90 Å². The molecular formula is C35H42N4O8S. The van der Waals surface area contributed by atoms with Crippen molar-refractivity contribution in [1.29, 1.82) is 0 Å². The van der Waals surface area contributed by atoms with Crippen molar-refractivity contribution in [2.45, 2.75) is 82.0 Å². The molecule has 48 heavy (non-hydrogen) atoms. The van der Waals surface area contributed by atoms with Crippen molar-refractivity contribution in [3.8, 4) is 0 Å². The average molecular weight is 679 g/mol. The van der Waals surface area contributed by atoms with Crippen LogP contribution in [-0.2, 0) is 42.0 Å². The van der Waals surface area contributed by atoms with E-state index in [2.05, 4.69) is 16.0 Å². The molecule has 0 saturated carbocycles. The molecule has 1 aliphatic heterocycles. The molecule has 4 rings (SSSR count). The minimum atomic E-state index is -3.96. The van der Waals surface area contributed by atoms with Crippen LogP contribution in [0.1, 0.15) is 50.3 Å².